The van der Waals surface area contributed by atoms with Crippen molar-refractivity contribution in [2.24, 2.45) is 0 Å². The lowest BCUT2D eigenvalue weighted by Crippen LogP contribution is -2.14. The zero-order valence-electron chi connectivity index (χ0n) is 13.7. The van der Waals surface area contributed by atoms with Crippen molar-refractivity contribution < 1.29 is 26.7 Å². The molecular formula is C15H13ClF2N4O4S. The second-order valence-electron chi connectivity index (χ2n) is 5.20. The third-order valence-corrected chi connectivity index (χ3v) is 5.00. The van der Waals surface area contributed by atoms with Crippen LogP contribution in [0.2, 0.25) is 5.15 Å². The maximum absolute atomic E-state index is 12.7. The first kappa shape index (κ1) is 19.1. The van der Waals surface area contributed by atoms with E-state index in [0.717, 1.165) is 0 Å². The maximum Gasteiger partial charge on any atom is 0.272 e. The Bertz CT molecular complexity index is 1070. The van der Waals surface area contributed by atoms with Crippen molar-refractivity contribution in [1.29, 1.82) is 0 Å². The predicted molar refractivity (Wildman–Crippen MR) is 94.2 cm³/mol. The number of hydrogen-bond acceptors (Lipinski definition) is 6. The van der Waals surface area contributed by atoms with E-state index in [4.69, 9.17) is 21.1 Å². The number of H-pyrrole nitrogens is 1. The third kappa shape index (κ3) is 4.19. The van der Waals surface area contributed by atoms with Crippen LogP contribution in [-0.2, 0) is 10.0 Å². The van der Waals surface area contributed by atoms with E-state index in [1.165, 1.54) is 37.6 Å². The Hall–Kier alpha value is -2.66. The first-order chi connectivity index (χ1) is 12.8. The van der Waals surface area contributed by atoms with Crippen LogP contribution in [0.25, 0.3) is 11.0 Å². The molecule has 3 heterocycles. The quantitative estimate of drug-likeness (QED) is 0.571. The number of fused-ring (bicyclic) bond motifs is 1. The van der Waals surface area contributed by atoms with Gasteiger partial charge in [-0.1, -0.05) is 11.6 Å². The number of sulfonamides is 1. The summed E-state index contributed by atoms with van der Waals surface area (Å²) in [6, 6.07) is 5.54. The summed E-state index contributed by atoms with van der Waals surface area (Å²) in [7, 11) is -2.77. The molecule has 27 heavy (non-hydrogen) atoms. The molecule has 144 valence electrons. The van der Waals surface area contributed by atoms with E-state index in [-0.39, 0.29) is 27.5 Å². The minimum Gasteiger partial charge on any atom is -0.479 e. The first-order valence-corrected chi connectivity index (χ1v) is 9.28. The van der Waals surface area contributed by atoms with Crippen molar-refractivity contribution >= 4 is 38.3 Å². The number of halogens is 3. The van der Waals surface area contributed by atoms with Gasteiger partial charge in [0.15, 0.2) is 6.61 Å². The Kier molecular flexibility index (Phi) is 5.33. The predicted octanol–water partition coefficient (Wildman–Crippen LogP) is 3.06. The van der Waals surface area contributed by atoms with E-state index < -0.39 is 23.1 Å². The van der Waals surface area contributed by atoms with Crippen LogP contribution in [0.5, 0.6) is 11.8 Å². The van der Waals surface area contributed by atoms with Gasteiger partial charge in [-0.15, -0.1) is 0 Å². The molecule has 0 unspecified atom stereocenters. The smallest absolute Gasteiger partial charge is 0.272 e. The summed E-state index contributed by atoms with van der Waals surface area (Å²) >= 11 is 5.79. The molecule has 3 aromatic heterocycles. The van der Waals surface area contributed by atoms with E-state index in [1.807, 2.05) is 0 Å². The van der Waals surface area contributed by atoms with Crippen LogP contribution in [0.15, 0.2) is 35.4 Å². The average molecular weight is 419 g/mol. The van der Waals surface area contributed by atoms with Gasteiger partial charge in [0, 0.05) is 17.6 Å². The number of hydrogen-bond donors (Lipinski definition) is 2. The summed E-state index contributed by atoms with van der Waals surface area (Å²) in [6.45, 7) is -0.841. The van der Waals surface area contributed by atoms with E-state index in [1.54, 1.807) is 0 Å². The number of aromatic nitrogens is 3. The second-order valence-corrected chi connectivity index (χ2v) is 7.24. The van der Waals surface area contributed by atoms with Crippen LogP contribution in [0.3, 0.4) is 0 Å². The van der Waals surface area contributed by atoms with Crippen LogP contribution in [0.1, 0.15) is 0 Å². The van der Waals surface area contributed by atoms with Gasteiger partial charge in [-0.05, 0) is 18.2 Å². The average Bonchev–Trinajstić information content (AvgIpc) is 3.04. The molecule has 3 aromatic rings. The van der Waals surface area contributed by atoms with Crippen molar-refractivity contribution in [3.05, 3.63) is 35.6 Å². The molecule has 0 bridgehead atoms. The minimum atomic E-state index is -4.03. The van der Waals surface area contributed by atoms with Gasteiger partial charge < -0.3 is 14.5 Å². The molecule has 0 aliphatic carbocycles. The van der Waals surface area contributed by atoms with E-state index in [0.29, 0.717) is 11.0 Å². The zero-order chi connectivity index (χ0) is 19.6. The number of pyridine rings is 2. The van der Waals surface area contributed by atoms with E-state index >= 15 is 0 Å². The molecule has 0 aromatic carbocycles. The Morgan fingerprint density at radius 3 is 2.74 bits per heavy atom. The highest BCUT2D eigenvalue weighted by Crippen LogP contribution is 2.30. The topological polar surface area (TPSA) is 106 Å². The number of methoxy groups -OCH3 is 1. The summed E-state index contributed by atoms with van der Waals surface area (Å²) in [5, 5.41) is 0.558. The first-order valence-electron chi connectivity index (χ1n) is 7.42. The molecule has 0 saturated heterocycles. The van der Waals surface area contributed by atoms with Gasteiger partial charge in [0.2, 0.25) is 11.8 Å². The van der Waals surface area contributed by atoms with Gasteiger partial charge in [0.25, 0.3) is 16.4 Å². The van der Waals surface area contributed by atoms with Crippen LogP contribution in [0.4, 0.5) is 14.5 Å². The van der Waals surface area contributed by atoms with E-state index in [2.05, 4.69) is 19.7 Å². The SMILES string of the molecule is COc1nc(OCC(F)F)ccc1NS(=O)(=O)c1c[nH]c2nc(Cl)ccc12. The van der Waals surface area contributed by atoms with Crippen molar-refractivity contribution in [2.75, 3.05) is 18.4 Å². The number of anilines is 1. The monoisotopic (exact) mass is 418 g/mol. The maximum atomic E-state index is 12.7. The van der Waals surface area contributed by atoms with Gasteiger partial charge in [-0.25, -0.2) is 22.2 Å². The fourth-order valence-corrected chi connectivity index (χ4v) is 3.63. The number of aromatic amines is 1. The summed E-state index contributed by atoms with van der Waals surface area (Å²) in [4.78, 5) is 10.5. The molecule has 3 rings (SSSR count). The molecule has 0 radical (unpaired) electrons. The van der Waals surface area contributed by atoms with E-state index in [9.17, 15) is 17.2 Å². The molecule has 0 saturated carbocycles. The number of nitrogens with one attached hydrogen (secondary N) is 2. The molecule has 0 atom stereocenters. The summed E-state index contributed by atoms with van der Waals surface area (Å²) in [5.74, 6) is -0.257. The number of ether oxygens (including phenoxy) is 2. The lowest BCUT2D eigenvalue weighted by molar-refractivity contribution is 0.0793. The van der Waals surface area contributed by atoms with Gasteiger partial charge in [-0.3, -0.25) is 4.72 Å². The Morgan fingerprint density at radius 2 is 2.04 bits per heavy atom. The van der Waals surface area contributed by atoms with Crippen molar-refractivity contribution in [1.82, 2.24) is 15.0 Å². The highest BCUT2D eigenvalue weighted by atomic mass is 35.5. The lowest BCUT2D eigenvalue weighted by Gasteiger charge is -2.12. The van der Waals surface area contributed by atoms with Gasteiger partial charge >= 0.3 is 0 Å². The number of alkyl halides is 2. The Balaban J connectivity index is 1.90. The largest absolute Gasteiger partial charge is 0.479 e. The second kappa shape index (κ2) is 7.53. The van der Waals surface area contributed by atoms with Crippen molar-refractivity contribution in [2.45, 2.75) is 11.3 Å². The summed E-state index contributed by atoms with van der Waals surface area (Å²) < 4.78 is 62.0. The van der Waals surface area contributed by atoms with Crippen LogP contribution in [-0.4, -0.2) is 43.5 Å². The van der Waals surface area contributed by atoms with Crippen molar-refractivity contribution in [3.8, 4) is 11.8 Å². The molecule has 0 aliphatic rings. The molecule has 2 N–H and O–H groups in total. The van der Waals surface area contributed by atoms with Crippen molar-refractivity contribution in [3.63, 3.8) is 0 Å². The Labute approximate surface area is 157 Å². The molecule has 0 aliphatic heterocycles. The summed E-state index contributed by atoms with van der Waals surface area (Å²) in [5.41, 5.74) is 0.321. The number of rotatable bonds is 7. The molecule has 0 amide bonds. The van der Waals surface area contributed by atoms with Crippen LogP contribution < -0.4 is 14.2 Å². The highest BCUT2D eigenvalue weighted by Gasteiger charge is 2.22. The molecule has 12 heteroatoms. The molecular weight excluding hydrogens is 406 g/mol. The normalized spacial score (nSPS) is 11.7. The highest BCUT2D eigenvalue weighted by molar-refractivity contribution is 7.93. The summed E-state index contributed by atoms with van der Waals surface area (Å²) in [6.07, 6.45) is -1.39. The number of nitrogens with zero attached hydrogens (tertiary/aromatic N) is 2. The van der Waals surface area contributed by atoms with Gasteiger partial charge in [0.05, 0.1) is 7.11 Å². The van der Waals surface area contributed by atoms with Crippen LogP contribution >= 0.6 is 11.6 Å². The molecule has 0 spiro atoms. The zero-order valence-corrected chi connectivity index (χ0v) is 15.3. The fraction of sp³-hybridized carbons (Fsp3) is 0.200. The third-order valence-electron chi connectivity index (χ3n) is 3.39. The fourth-order valence-electron chi connectivity index (χ4n) is 2.26. The van der Waals surface area contributed by atoms with Gasteiger partial charge in [0.1, 0.15) is 21.4 Å². The van der Waals surface area contributed by atoms with Gasteiger partial charge in [-0.2, -0.15) is 4.98 Å². The molecule has 0 fully saturated rings. The molecule has 8 nitrogen and oxygen atoms in total. The minimum absolute atomic E-state index is 0.0122. The lowest BCUT2D eigenvalue weighted by atomic mass is 10.3. The van der Waals surface area contributed by atoms with Crippen LogP contribution in [0, 0.1) is 0 Å². The standard InChI is InChI=1S/C15H13ClF2N4O4S/c1-25-15-9(3-5-13(21-15)26-7-12(17)18)22-27(23,24)10-6-19-14-8(10)2-4-11(16)20-14/h2-6,12,22H,7H2,1H3,(H,19,20). The Morgan fingerprint density at radius 1 is 1.26 bits per heavy atom.